The summed E-state index contributed by atoms with van der Waals surface area (Å²) in [5.41, 5.74) is 3.36. The number of hydrogen-bond donors (Lipinski definition) is 0. The third-order valence-corrected chi connectivity index (χ3v) is 3.04. The van der Waals surface area contributed by atoms with E-state index >= 15 is 0 Å². The van der Waals surface area contributed by atoms with E-state index in [0.29, 0.717) is 22.8 Å². The quantitative estimate of drug-likeness (QED) is 0.480. The predicted molar refractivity (Wildman–Crippen MR) is 85.6 cm³/mol. The van der Waals surface area contributed by atoms with Crippen LogP contribution in [0.15, 0.2) is 51.4 Å². The van der Waals surface area contributed by atoms with Gasteiger partial charge < -0.3 is 4.74 Å². The lowest BCUT2D eigenvalue weighted by molar-refractivity contribution is 0.503. The molecule has 0 amide bonds. The molecule has 0 heterocycles. The molecule has 0 N–H and O–H groups in total. The first-order chi connectivity index (χ1) is 11.1. The molecule has 6 heteroatoms. The molecule has 23 heavy (non-hydrogen) atoms. The van der Waals surface area contributed by atoms with Crippen LogP contribution in [0.5, 0.6) is 5.75 Å². The van der Waals surface area contributed by atoms with E-state index in [0.717, 1.165) is 11.1 Å². The van der Waals surface area contributed by atoms with Crippen molar-refractivity contribution in [2.24, 2.45) is 15.0 Å². The third-order valence-electron chi connectivity index (χ3n) is 3.04. The molecule has 0 aliphatic heterocycles. The fraction of sp³-hybridized carbons (Fsp3) is 0.118. The molecule has 0 atom stereocenters. The highest BCUT2D eigenvalue weighted by Crippen LogP contribution is 2.25. The van der Waals surface area contributed by atoms with Crippen LogP contribution >= 0.6 is 0 Å². The highest BCUT2D eigenvalue weighted by atomic mass is 16.5. The Bertz CT molecular complexity index is 884. The molecule has 0 spiro atoms. The molecule has 0 saturated carbocycles. The van der Waals surface area contributed by atoms with E-state index in [1.807, 2.05) is 13.8 Å². The maximum Gasteiger partial charge on any atom is 0.292 e. The Labute approximate surface area is 133 Å². The summed E-state index contributed by atoms with van der Waals surface area (Å²) in [5, 5.41) is 8.59. The zero-order valence-electron chi connectivity index (χ0n) is 12.6. The Morgan fingerprint density at radius 1 is 0.957 bits per heavy atom. The first-order valence-corrected chi connectivity index (χ1v) is 6.65. The van der Waals surface area contributed by atoms with Gasteiger partial charge in [-0.2, -0.15) is 15.0 Å². The average molecular weight is 304 g/mol. The van der Waals surface area contributed by atoms with Gasteiger partial charge in [0.15, 0.2) is 0 Å². The minimum Gasteiger partial charge on any atom is -0.388 e. The number of carbonyl (C=O) groups excluding carboxylic acids is 1. The largest absolute Gasteiger partial charge is 0.388 e. The van der Waals surface area contributed by atoms with Gasteiger partial charge in [0.05, 0.1) is 17.1 Å². The molecule has 0 bridgehead atoms. The molecular formula is C17H12N4O2. The number of nitrogens with zero attached hydrogens (tertiary/aromatic N) is 4. The standard InChI is InChI=1S/C17H12N4O2/c1-12-3-5-14(21-11-22)7-16(12)20-10-19-15-6-4-13(2)17(8-15)23-9-18/h3-8H,1-2H3. The van der Waals surface area contributed by atoms with Crippen LogP contribution in [-0.4, -0.2) is 12.1 Å². The van der Waals surface area contributed by atoms with Crippen molar-refractivity contribution in [3.63, 3.8) is 0 Å². The molecule has 0 aromatic heterocycles. The van der Waals surface area contributed by atoms with E-state index in [2.05, 4.69) is 21.0 Å². The molecule has 0 fully saturated rings. The van der Waals surface area contributed by atoms with Gasteiger partial charge in [0.25, 0.3) is 6.26 Å². The van der Waals surface area contributed by atoms with Crippen molar-refractivity contribution < 1.29 is 9.53 Å². The number of hydrogen-bond acceptors (Lipinski definition) is 6. The second-order valence-electron chi connectivity index (χ2n) is 4.64. The topological polar surface area (TPSA) is 87.2 Å². The van der Waals surface area contributed by atoms with E-state index in [1.165, 1.54) is 6.08 Å². The molecule has 0 aliphatic rings. The van der Waals surface area contributed by atoms with Crippen molar-refractivity contribution in [1.29, 1.82) is 5.26 Å². The number of benzene rings is 2. The fourth-order valence-corrected chi connectivity index (χ4v) is 1.79. The number of aliphatic imine (C=N–C) groups is 3. The average Bonchev–Trinajstić information content (AvgIpc) is 2.54. The second kappa shape index (κ2) is 7.48. The van der Waals surface area contributed by atoms with Gasteiger partial charge in [-0.3, -0.25) is 0 Å². The number of isocyanates is 1. The molecule has 2 aromatic rings. The predicted octanol–water partition coefficient (Wildman–Crippen LogP) is 4.27. The SMILES string of the molecule is Cc1ccc(N=C=O)cc1N=C=Nc1ccc(C)c(OC#N)c1. The summed E-state index contributed by atoms with van der Waals surface area (Å²) in [5.74, 6) is 0.439. The normalized spacial score (nSPS) is 9.09. The van der Waals surface area contributed by atoms with Crippen LogP contribution in [-0.2, 0) is 4.79 Å². The minimum atomic E-state index is 0.439. The summed E-state index contributed by atoms with van der Waals surface area (Å²) in [6, 6.07) is 12.9. The lowest BCUT2D eigenvalue weighted by Crippen LogP contribution is -1.85. The van der Waals surface area contributed by atoms with Gasteiger partial charge in [-0.15, -0.1) is 5.26 Å². The van der Waals surface area contributed by atoms with Crippen molar-refractivity contribution in [1.82, 2.24) is 0 Å². The molecule has 112 valence electrons. The summed E-state index contributed by atoms with van der Waals surface area (Å²) in [7, 11) is 0. The van der Waals surface area contributed by atoms with Crippen LogP contribution in [0.2, 0.25) is 0 Å². The van der Waals surface area contributed by atoms with Crippen LogP contribution in [0.4, 0.5) is 17.1 Å². The van der Waals surface area contributed by atoms with Gasteiger partial charge in [-0.05, 0) is 43.2 Å². The zero-order chi connectivity index (χ0) is 16.7. The molecule has 0 unspecified atom stereocenters. The number of aryl methyl sites for hydroxylation is 2. The van der Waals surface area contributed by atoms with Crippen molar-refractivity contribution in [2.45, 2.75) is 13.8 Å². The smallest absolute Gasteiger partial charge is 0.292 e. The third kappa shape index (κ3) is 4.23. The van der Waals surface area contributed by atoms with Gasteiger partial charge in [0.1, 0.15) is 11.8 Å². The highest BCUT2D eigenvalue weighted by molar-refractivity contribution is 5.64. The fourth-order valence-electron chi connectivity index (χ4n) is 1.79. The summed E-state index contributed by atoms with van der Waals surface area (Å²) >= 11 is 0. The highest BCUT2D eigenvalue weighted by Gasteiger charge is 2.01. The number of rotatable bonds is 4. The summed E-state index contributed by atoms with van der Waals surface area (Å²) in [6.45, 7) is 3.70. The molecule has 2 rings (SSSR count). The molecule has 0 aliphatic carbocycles. The van der Waals surface area contributed by atoms with Gasteiger partial charge in [-0.1, -0.05) is 12.1 Å². The first-order valence-electron chi connectivity index (χ1n) is 6.65. The van der Waals surface area contributed by atoms with Gasteiger partial charge in [0, 0.05) is 6.07 Å². The van der Waals surface area contributed by atoms with Crippen molar-refractivity contribution in [3.05, 3.63) is 47.5 Å². The molecule has 6 nitrogen and oxygen atoms in total. The molecule has 2 aromatic carbocycles. The Kier molecular flexibility index (Phi) is 5.16. The second-order valence-corrected chi connectivity index (χ2v) is 4.64. The Hall–Kier alpha value is -3.51. The maximum absolute atomic E-state index is 10.3. The van der Waals surface area contributed by atoms with E-state index in [4.69, 9.17) is 10.00 Å². The zero-order valence-corrected chi connectivity index (χ0v) is 12.6. The summed E-state index contributed by atoms with van der Waals surface area (Å²) in [4.78, 5) is 22.1. The molecule has 0 radical (unpaired) electrons. The van der Waals surface area contributed by atoms with E-state index < -0.39 is 0 Å². The van der Waals surface area contributed by atoms with Crippen molar-refractivity contribution in [2.75, 3.05) is 0 Å². The lowest BCUT2D eigenvalue weighted by atomic mass is 10.2. The van der Waals surface area contributed by atoms with E-state index in [-0.39, 0.29) is 0 Å². The van der Waals surface area contributed by atoms with Crippen LogP contribution in [0.25, 0.3) is 0 Å². The van der Waals surface area contributed by atoms with Gasteiger partial charge in [0.2, 0.25) is 6.08 Å². The summed E-state index contributed by atoms with van der Waals surface area (Å²) < 4.78 is 4.84. The van der Waals surface area contributed by atoms with Crippen LogP contribution in [0.1, 0.15) is 11.1 Å². The van der Waals surface area contributed by atoms with E-state index in [9.17, 15) is 4.79 Å². The van der Waals surface area contributed by atoms with E-state index in [1.54, 1.807) is 42.7 Å². The van der Waals surface area contributed by atoms with Gasteiger partial charge >= 0.3 is 0 Å². The molecular weight excluding hydrogens is 292 g/mol. The maximum atomic E-state index is 10.3. The Morgan fingerprint density at radius 3 is 2.35 bits per heavy atom. The van der Waals surface area contributed by atoms with Crippen LogP contribution in [0.3, 0.4) is 0 Å². The van der Waals surface area contributed by atoms with Gasteiger partial charge in [-0.25, -0.2) is 4.79 Å². The first kappa shape index (κ1) is 15.9. The summed E-state index contributed by atoms with van der Waals surface area (Å²) in [6.07, 6.45) is 3.12. The van der Waals surface area contributed by atoms with Crippen molar-refractivity contribution >= 4 is 29.2 Å². The Morgan fingerprint density at radius 2 is 1.65 bits per heavy atom. The van der Waals surface area contributed by atoms with Crippen molar-refractivity contribution in [3.8, 4) is 12.0 Å². The Balaban J connectivity index is 2.31. The number of nitriles is 1. The van der Waals surface area contributed by atoms with Crippen LogP contribution in [0, 0.1) is 25.4 Å². The number of ether oxygens (including phenoxy) is 1. The monoisotopic (exact) mass is 304 g/mol. The minimum absolute atomic E-state index is 0.439. The molecule has 0 saturated heterocycles. The lowest BCUT2D eigenvalue weighted by Gasteiger charge is -2.01. The van der Waals surface area contributed by atoms with Crippen LogP contribution < -0.4 is 4.74 Å².